The van der Waals surface area contributed by atoms with E-state index in [1.165, 1.54) is 13.2 Å². The zero-order valence-corrected chi connectivity index (χ0v) is 9.89. The van der Waals surface area contributed by atoms with Crippen LogP contribution in [0.15, 0.2) is 12.1 Å². The summed E-state index contributed by atoms with van der Waals surface area (Å²) in [5, 5.41) is 0. The number of nitrogens with zero attached hydrogens (tertiary/aromatic N) is 1. The van der Waals surface area contributed by atoms with Crippen molar-refractivity contribution >= 4 is 0 Å². The number of rotatable bonds is 5. The van der Waals surface area contributed by atoms with E-state index in [1.54, 1.807) is 0 Å². The average molecular weight is 229 g/mol. The molecule has 0 radical (unpaired) electrons. The number of benzene rings is 1. The first-order chi connectivity index (χ1) is 7.54. The molecule has 0 aromatic heterocycles. The molecule has 1 aromatic carbocycles. The molecule has 0 unspecified atom stereocenters. The SMILES string of the molecule is COc1cc(F)c(F)cc1CCCN(C)C. The van der Waals surface area contributed by atoms with Gasteiger partial charge in [-0.2, -0.15) is 0 Å². The molecule has 0 aliphatic carbocycles. The maximum Gasteiger partial charge on any atom is 0.162 e. The van der Waals surface area contributed by atoms with Crippen molar-refractivity contribution in [3.63, 3.8) is 0 Å². The van der Waals surface area contributed by atoms with E-state index in [0.717, 1.165) is 19.0 Å². The van der Waals surface area contributed by atoms with Crippen molar-refractivity contribution in [1.29, 1.82) is 0 Å². The Balaban J connectivity index is 2.74. The molecular weight excluding hydrogens is 212 g/mol. The highest BCUT2D eigenvalue weighted by Gasteiger charge is 2.10. The van der Waals surface area contributed by atoms with Crippen LogP contribution in [-0.2, 0) is 6.42 Å². The van der Waals surface area contributed by atoms with Crippen LogP contribution in [0.3, 0.4) is 0 Å². The van der Waals surface area contributed by atoms with Crippen molar-refractivity contribution in [2.45, 2.75) is 12.8 Å². The minimum absolute atomic E-state index is 0.414. The summed E-state index contributed by atoms with van der Waals surface area (Å²) >= 11 is 0. The maximum absolute atomic E-state index is 13.0. The lowest BCUT2D eigenvalue weighted by Gasteiger charge is -2.11. The lowest BCUT2D eigenvalue weighted by Crippen LogP contribution is -2.13. The second kappa shape index (κ2) is 5.80. The van der Waals surface area contributed by atoms with E-state index in [9.17, 15) is 8.78 Å². The van der Waals surface area contributed by atoms with Crippen LogP contribution in [0.5, 0.6) is 5.75 Å². The second-order valence-electron chi connectivity index (χ2n) is 3.98. The summed E-state index contributed by atoms with van der Waals surface area (Å²) in [6.45, 7) is 0.905. The molecule has 90 valence electrons. The minimum Gasteiger partial charge on any atom is -0.496 e. The van der Waals surface area contributed by atoms with E-state index >= 15 is 0 Å². The van der Waals surface area contributed by atoms with E-state index in [2.05, 4.69) is 0 Å². The van der Waals surface area contributed by atoms with Crippen molar-refractivity contribution < 1.29 is 13.5 Å². The first-order valence-corrected chi connectivity index (χ1v) is 5.21. The van der Waals surface area contributed by atoms with Crippen LogP contribution in [0.1, 0.15) is 12.0 Å². The molecule has 4 heteroatoms. The van der Waals surface area contributed by atoms with Crippen molar-refractivity contribution in [2.24, 2.45) is 0 Å². The zero-order chi connectivity index (χ0) is 12.1. The van der Waals surface area contributed by atoms with Gasteiger partial charge in [0.2, 0.25) is 0 Å². The Morgan fingerprint density at radius 2 is 1.81 bits per heavy atom. The number of hydrogen-bond acceptors (Lipinski definition) is 2. The van der Waals surface area contributed by atoms with E-state index in [-0.39, 0.29) is 0 Å². The van der Waals surface area contributed by atoms with Gasteiger partial charge in [0.15, 0.2) is 11.6 Å². The highest BCUT2D eigenvalue weighted by Crippen LogP contribution is 2.23. The smallest absolute Gasteiger partial charge is 0.162 e. The highest BCUT2D eigenvalue weighted by atomic mass is 19.2. The molecule has 0 amide bonds. The van der Waals surface area contributed by atoms with Crippen LogP contribution < -0.4 is 4.74 Å². The fourth-order valence-electron chi connectivity index (χ4n) is 1.54. The lowest BCUT2D eigenvalue weighted by atomic mass is 10.1. The molecule has 0 aliphatic rings. The normalized spacial score (nSPS) is 10.9. The van der Waals surface area contributed by atoms with E-state index in [1.807, 2.05) is 19.0 Å². The molecule has 1 aromatic rings. The number of hydrogen-bond donors (Lipinski definition) is 0. The summed E-state index contributed by atoms with van der Waals surface area (Å²) in [5.74, 6) is -1.27. The highest BCUT2D eigenvalue weighted by molar-refractivity contribution is 5.34. The summed E-state index contributed by atoms with van der Waals surface area (Å²) in [6, 6.07) is 2.31. The van der Waals surface area contributed by atoms with Crippen molar-refractivity contribution in [1.82, 2.24) is 4.90 Å². The number of methoxy groups -OCH3 is 1. The van der Waals surface area contributed by atoms with Gasteiger partial charge in [0.05, 0.1) is 7.11 Å². The molecule has 16 heavy (non-hydrogen) atoms. The van der Waals surface area contributed by atoms with Gasteiger partial charge in [0.25, 0.3) is 0 Å². The molecule has 0 saturated heterocycles. The van der Waals surface area contributed by atoms with Crippen molar-refractivity contribution in [2.75, 3.05) is 27.7 Å². The first-order valence-electron chi connectivity index (χ1n) is 5.21. The summed E-state index contributed by atoms with van der Waals surface area (Å²) in [5.41, 5.74) is 0.711. The molecule has 0 heterocycles. The van der Waals surface area contributed by atoms with Crippen LogP contribution in [0.2, 0.25) is 0 Å². The fraction of sp³-hybridized carbons (Fsp3) is 0.500. The Kier molecular flexibility index (Phi) is 4.68. The van der Waals surface area contributed by atoms with Gasteiger partial charge < -0.3 is 9.64 Å². The molecule has 0 bridgehead atoms. The van der Waals surface area contributed by atoms with Gasteiger partial charge in [-0.3, -0.25) is 0 Å². The maximum atomic E-state index is 13.0. The predicted octanol–water partition coefficient (Wildman–Crippen LogP) is 2.47. The third-order valence-corrected chi connectivity index (χ3v) is 2.37. The quantitative estimate of drug-likeness (QED) is 0.769. The Morgan fingerprint density at radius 3 is 2.38 bits per heavy atom. The predicted molar refractivity (Wildman–Crippen MR) is 59.8 cm³/mol. The molecule has 0 atom stereocenters. The number of aryl methyl sites for hydroxylation is 1. The number of halogens is 2. The van der Waals surface area contributed by atoms with E-state index in [4.69, 9.17) is 4.74 Å². The van der Waals surface area contributed by atoms with Gasteiger partial charge >= 0.3 is 0 Å². The van der Waals surface area contributed by atoms with Gasteiger partial charge in [-0.05, 0) is 45.1 Å². The topological polar surface area (TPSA) is 12.5 Å². The Labute approximate surface area is 94.8 Å². The monoisotopic (exact) mass is 229 g/mol. The van der Waals surface area contributed by atoms with Gasteiger partial charge in [-0.15, -0.1) is 0 Å². The summed E-state index contributed by atoms with van der Waals surface area (Å²) in [6.07, 6.45) is 1.56. The van der Waals surface area contributed by atoms with Gasteiger partial charge in [-0.1, -0.05) is 0 Å². The van der Waals surface area contributed by atoms with Crippen LogP contribution in [0, 0.1) is 11.6 Å². The largest absolute Gasteiger partial charge is 0.496 e. The van der Waals surface area contributed by atoms with Crippen LogP contribution in [0.4, 0.5) is 8.78 Å². The van der Waals surface area contributed by atoms with Crippen LogP contribution in [0.25, 0.3) is 0 Å². The first kappa shape index (κ1) is 12.9. The third-order valence-electron chi connectivity index (χ3n) is 2.37. The Morgan fingerprint density at radius 1 is 1.19 bits per heavy atom. The molecule has 1 rings (SSSR count). The summed E-state index contributed by atoms with van der Waals surface area (Å²) in [7, 11) is 5.41. The van der Waals surface area contributed by atoms with E-state index < -0.39 is 11.6 Å². The van der Waals surface area contributed by atoms with Crippen molar-refractivity contribution in [3.05, 3.63) is 29.3 Å². The molecule has 0 spiro atoms. The summed E-state index contributed by atoms with van der Waals surface area (Å²) in [4.78, 5) is 2.05. The second-order valence-corrected chi connectivity index (χ2v) is 3.98. The molecule has 2 nitrogen and oxygen atoms in total. The molecule has 0 fully saturated rings. The van der Waals surface area contributed by atoms with Gasteiger partial charge in [0.1, 0.15) is 5.75 Å². The van der Waals surface area contributed by atoms with Crippen molar-refractivity contribution in [3.8, 4) is 5.75 Å². The molecular formula is C12H17F2NO. The summed E-state index contributed by atoms with van der Waals surface area (Å²) < 4.78 is 31.0. The Bertz CT molecular complexity index is 353. The van der Waals surface area contributed by atoms with Crippen LogP contribution >= 0.6 is 0 Å². The minimum atomic E-state index is -0.867. The lowest BCUT2D eigenvalue weighted by molar-refractivity contribution is 0.386. The van der Waals surface area contributed by atoms with Gasteiger partial charge in [-0.25, -0.2) is 8.78 Å². The number of ether oxygens (including phenoxy) is 1. The third kappa shape index (κ3) is 3.45. The fourth-order valence-corrected chi connectivity index (χ4v) is 1.54. The van der Waals surface area contributed by atoms with Crippen LogP contribution in [-0.4, -0.2) is 32.6 Å². The molecule has 0 aliphatic heterocycles. The van der Waals surface area contributed by atoms with Gasteiger partial charge in [0, 0.05) is 6.07 Å². The molecule has 0 N–H and O–H groups in total. The average Bonchev–Trinajstić information content (AvgIpc) is 2.22. The zero-order valence-electron chi connectivity index (χ0n) is 9.89. The van der Waals surface area contributed by atoms with E-state index in [0.29, 0.717) is 17.7 Å². The molecule has 0 saturated carbocycles. The Hall–Kier alpha value is -1.16. The standard InChI is InChI=1S/C12H17F2NO/c1-15(2)6-4-5-9-7-10(13)11(14)8-12(9)16-3/h7-8H,4-6H2,1-3H3.